The van der Waals surface area contributed by atoms with Gasteiger partial charge < -0.3 is 9.30 Å². The molecule has 1 unspecified atom stereocenters. The standard InChI is InChI=1S/C19H17Cl3N2O/c1-13-2-5-16(18(22)8-13)19(10-24-7-6-23-12-24)25-11-14-3-4-15(20)9-17(14)21/h2-9,12,19H,10-11H2,1H3. The van der Waals surface area contributed by atoms with E-state index in [1.807, 2.05) is 42.0 Å². The Kier molecular flexibility index (Phi) is 6.02. The summed E-state index contributed by atoms with van der Waals surface area (Å²) in [7, 11) is 0. The minimum Gasteiger partial charge on any atom is -0.367 e. The van der Waals surface area contributed by atoms with Crippen LogP contribution in [0.15, 0.2) is 55.1 Å². The van der Waals surface area contributed by atoms with E-state index in [2.05, 4.69) is 4.98 Å². The highest BCUT2D eigenvalue weighted by molar-refractivity contribution is 6.35. The molecule has 0 amide bonds. The van der Waals surface area contributed by atoms with E-state index in [0.717, 1.165) is 16.7 Å². The second kappa shape index (κ2) is 8.24. The summed E-state index contributed by atoms with van der Waals surface area (Å²) in [4.78, 5) is 4.09. The Bertz CT molecular complexity index is 850. The minimum absolute atomic E-state index is 0.228. The van der Waals surface area contributed by atoms with Gasteiger partial charge in [-0.25, -0.2) is 4.98 Å². The van der Waals surface area contributed by atoms with Crippen LogP contribution in [0.5, 0.6) is 0 Å². The van der Waals surface area contributed by atoms with Gasteiger partial charge in [-0.15, -0.1) is 0 Å². The predicted octanol–water partition coefficient (Wildman–Crippen LogP) is 6.11. The van der Waals surface area contributed by atoms with Gasteiger partial charge in [-0.05, 0) is 36.2 Å². The highest BCUT2D eigenvalue weighted by atomic mass is 35.5. The van der Waals surface area contributed by atoms with Gasteiger partial charge in [-0.1, -0.05) is 53.0 Å². The molecule has 3 rings (SSSR count). The molecule has 0 fully saturated rings. The van der Waals surface area contributed by atoms with Gasteiger partial charge in [0.15, 0.2) is 0 Å². The Labute approximate surface area is 162 Å². The first-order chi connectivity index (χ1) is 12.0. The smallest absolute Gasteiger partial charge is 0.102 e. The lowest BCUT2D eigenvalue weighted by molar-refractivity contribution is 0.0281. The van der Waals surface area contributed by atoms with Crippen LogP contribution >= 0.6 is 34.8 Å². The summed E-state index contributed by atoms with van der Waals surface area (Å²) in [5.74, 6) is 0. The number of aromatic nitrogens is 2. The van der Waals surface area contributed by atoms with Gasteiger partial charge in [-0.2, -0.15) is 0 Å². The van der Waals surface area contributed by atoms with Crippen molar-refractivity contribution in [1.82, 2.24) is 9.55 Å². The van der Waals surface area contributed by atoms with E-state index in [-0.39, 0.29) is 6.10 Å². The maximum absolute atomic E-state index is 6.45. The van der Waals surface area contributed by atoms with Crippen LogP contribution in [0.2, 0.25) is 15.1 Å². The molecule has 3 nitrogen and oxygen atoms in total. The molecule has 25 heavy (non-hydrogen) atoms. The van der Waals surface area contributed by atoms with Crippen LogP contribution in [0.25, 0.3) is 0 Å². The van der Waals surface area contributed by atoms with Gasteiger partial charge in [0, 0.05) is 33.0 Å². The molecule has 1 heterocycles. The Morgan fingerprint density at radius 1 is 1.08 bits per heavy atom. The lowest BCUT2D eigenvalue weighted by Crippen LogP contribution is -2.13. The molecule has 0 radical (unpaired) electrons. The number of benzene rings is 2. The summed E-state index contributed by atoms with van der Waals surface area (Å²) in [6, 6.07) is 11.4. The quantitative estimate of drug-likeness (QED) is 0.503. The zero-order valence-electron chi connectivity index (χ0n) is 13.6. The SMILES string of the molecule is Cc1ccc(C(Cn2ccnc2)OCc2ccc(Cl)cc2Cl)c(Cl)c1. The van der Waals surface area contributed by atoms with E-state index in [0.29, 0.717) is 28.2 Å². The molecule has 130 valence electrons. The van der Waals surface area contributed by atoms with Crippen molar-refractivity contribution in [3.05, 3.63) is 86.9 Å². The molecule has 0 aliphatic heterocycles. The Hall–Kier alpha value is -1.52. The number of hydrogen-bond acceptors (Lipinski definition) is 2. The summed E-state index contributed by atoms with van der Waals surface area (Å²) in [5, 5.41) is 1.88. The molecule has 0 spiro atoms. The number of rotatable bonds is 6. The van der Waals surface area contributed by atoms with Crippen molar-refractivity contribution in [2.24, 2.45) is 0 Å². The molecule has 0 bridgehead atoms. The van der Waals surface area contributed by atoms with Crippen LogP contribution in [-0.4, -0.2) is 9.55 Å². The largest absolute Gasteiger partial charge is 0.367 e. The summed E-state index contributed by atoms with van der Waals surface area (Å²) < 4.78 is 8.13. The third kappa shape index (κ3) is 4.77. The lowest BCUT2D eigenvalue weighted by Gasteiger charge is -2.21. The van der Waals surface area contributed by atoms with Crippen LogP contribution in [0.3, 0.4) is 0 Å². The second-order valence-electron chi connectivity index (χ2n) is 5.82. The Morgan fingerprint density at radius 3 is 2.60 bits per heavy atom. The average Bonchev–Trinajstić information content (AvgIpc) is 3.06. The van der Waals surface area contributed by atoms with Gasteiger partial charge in [0.05, 0.1) is 19.5 Å². The van der Waals surface area contributed by atoms with E-state index in [9.17, 15) is 0 Å². The van der Waals surface area contributed by atoms with E-state index >= 15 is 0 Å². The first-order valence-corrected chi connectivity index (χ1v) is 8.93. The van der Waals surface area contributed by atoms with Crippen molar-refractivity contribution >= 4 is 34.8 Å². The summed E-state index contributed by atoms with van der Waals surface area (Å²) in [6.45, 7) is 2.97. The Morgan fingerprint density at radius 2 is 1.92 bits per heavy atom. The maximum Gasteiger partial charge on any atom is 0.102 e. The van der Waals surface area contributed by atoms with E-state index in [1.165, 1.54) is 0 Å². The van der Waals surface area contributed by atoms with Crippen LogP contribution in [-0.2, 0) is 17.9 Å². The number of imidazole rings is 1. The zero-order valence-corrected chi connectivity index (χ0v) is 15.9. The van der Waals surface area contributed by atoms with Crippen LogP contribution in [0.1, 0.15) is 22.8 Å². The fraction of sp³-hybridized carbons (Fsp3) is 0.211. The van der Waals surface area contributed by atoms with Gasteiger partial charge in [0.2, 0.25) is 0 Å². The molecular formula is C19H17Cl3N2O. The summed E-state index contributed by atoms with van der Waals surface area (Å²) in [6.07, 6.45) is 5.17. The molecule has 2 aromatic carbocycles. The normalized spacial score (nSPS) is 12.3. The van der Waals surface area contributed by atoms with Crippen molar-refractivity contribution in [3.63, 3.8) is 0 Å². The van der Waals surface area contributed by atoms with Crippen molar-refractivity contribution in [3.8, 4) is 0 Å². The Balaban J connectivity index is 1.83. The van der Waals surface area contributed by atoms with Gasteiger partial charge >= 0.3 is 0 Å². The van der Waals surface area contributed by atoms with E-state index < -0.39 is 0 Å². The summed E-state index contributed by atoms with van der Waals surface area (Å²) >= 11 is 18.7. The van der Waals surface area contributed by atoms with E-state index in [1.54, 1.807) is 24.7 Å². The molecule has 0 N–H and O–H groups in total. The number of nitrogens with zero attached hydrogens (tertiary/aromatic N) is 2. The van der Waals surface area contributed by atoms with Crippen molar-refractivity contribution in [2.75, 3.05) is 0 Å². The molecule has 0 saturated heterocycles. The molecule has 3 aromatic rings. The van der Waals surface area contributed by atoms with Crippen molar-refractivity contribution < 1.29 is 4.74 Å². The average molecular weight is 396 g/mol. The number of hydrogen-bond donors (Lipinski definition) is 0. The third-order valence-corrected chi connectivity index (χ3v) is 4.81. The highest BCUT2D eigenvalue weighted by Crippen LogP contribution is 2.30. The van der Waals surface area contributed by atoms with Crippen LogP contribution in [0.4, 0.5) is 0 Å². The lowest BCUT2D eigenvalue weighted by atomic mass is 10.1. The molecule has 1 atom stereocenters. The van der Waals surface area contributed by atoms with Crippen LogP contribution in [0, 0.1) is 6.92 Å². The van der Waals surface area contributed by atoms with Gasteiger partial charge in [0.1, 0.15) is 6.10 Å². The highest BCUT2D eigenvalue weighted by Gasteiger charge is 2.17. The first kappa shape index (κ1) is 18.3. The fourth-order valence-corrected chi connectivity index (χ4v) is 3.37. The monoisotopic (exact) mass is 394 g/mol. The first-order valence-electron chi connectivity index (χ1n) is 7.80. The number of ether oxygens (including phenoxy) is 1. The number of aryl methyl sites for hydroxylation is 1. The van der Waals surface area contributed by atoms with Crippen molar-refractivity contribution in [2.45, 2.75) is 26.2 Å². The molecule has 0 aliphatic rings. The predicted molar refractivity (Wildman–Crippen MR) is 102 cm³/mol. The minimum atomic E-state index is -0.228. The molecule has 6 heteroatoms. The molecule has 0 saturated carbocycles. The molecule has 0 aliphatic carbocycles. The third-order valence-electron chi connectivity index (χ3n) is 3.89. The van der Waals surface area contributed by atoms with Crippen molar-refractivity contribution in [1.29, 1.82) is 0 Å². The zero-order chi connectivity index (χ0) is 17.8. The summed E-state index contributed by atoms with van der Waals surface area (Å²) in [5.41, 5.74) is 2.92. The van der Waals surface area contributed by atoms with Crippen LogP contribution < -0.4 is 0 Å². The van der Waals surface area contributed by atoms with E-state index in [4.69, 9.17) is 39.5 Å². The molecular weight excluding hydrogens is 379 g/mol. The second-order valence-corrected chi connectivity index (χ2v) is 7.07. The maximum atomic E-state index is 6.45. The fourth-order valence-electron chi connectivity index (χ4n) is 2.55. The number of halogens is 3. The van der Waals surface area contributed by atoms with Gasteiger partial charge in [-0.3, -0.25) is 0 Å². The van der Waals surface area contributed by atoms with Gasteiger partial charge in [0.25, 0.3) is 0 Å². The topological polar surface area (TPSA) is 27.1 Å². The molecule has 1 aromatic heterocycles.